The van der Waals surface area contributed by atoms with Gasteiger partial charge in [-0.25, -0.2) is 0 Å². The molecule has 1 aliphatic carbocycles. The molecule has 2 rings (SSSR count). The Labute approximate surface area is 103 Å². The van der Waals surface area contributed by atoms with E-state index in [0.29, 0.717) is 6.42 Å². The van der Waals surface area contributed by atoms with Gasteiger partial charge in [0.1, 0.15) is 0 Å². The van der Waals surface area contributed by atoms with Gasteiger partial charge in [-0.3, -0.25) is 4.55 Å². The second kappa shape index (κ2) is 4.78. The largest absolute Gasteiger partial charge is 0.286 e. The number of rotatable bonds is 4. The van der Waals surface area contributed by atoms with Gasteiger partial charge in [-0.2, -0.15) is 8.42 Å². The Morgan fingerprint density at radius 3 is 2.24 bits per heavy atom. The van der Waals surface area contributed by atoms with E-state index in [4.69, 9.17) is 4.55 Å². The topological polar surface area (TPSA) is 54.4 Å². The summed E-state index contributed by atoms with van der Waals surface area (Å²) in [6, 6.07) is 10.1. The summed E-state index contributed by atoms with van der Waals surface area (Å²) in [5, 5.41) is 0. The molecule has 0 heterocycles. The summed E-state index contributed by atoms with van der Waals surface area (Å²) in [6.07, 6.45) is 4.84. The molecule has 0 bridgehead atoms. The molecule has 0 atom stereocenters. The van der Waals surface area contributed by atoms with Crippen molar-refractivity contribution in [2.24, 2.45) is 0 Å². The van der Waals surface area contributed by atoms with Crippen molar-refractivity contribution in [2.75, 3.05) is 5.75 Å². The maximum absolute atomic E-state index is 10.9. The molecule has 1 aromatic rings. The van der Waals surface area contributed by atoms with Crippen LogP contribution in [0.15, 0.2) is 30.3 Å². The van der Waals surface area contributed by atoms with Crippen LogP contribution in [0.1, 0.15) is 37.7 Å². The fourth-order valence-electron chi connectivity index (χ4n) is 2.85. The zero-order valence-corrected chi connectivity index (χ0v) is 10.6. The SMILES string of the molecule is O=S(=O)(O)CCC1(c2ccccc2)CCCC1. The van der Waals surface area contributed by atoms with Crippen LogP contribution in [-0.4, -0.2) is 18.7 Å². The highest BCUT2D eigenvalue weighted by Crippen LogP contribution is 2.43. The third-order valence-electron chi connectivity index (χ3n) is 3.79. The van der Waals surface area contributed by atoms with Crippen LogP contribution in [0.2, 0.25) is 0 Å². The van der Waals surface area contributed by atoms with Gasteiger partial charge in [0.15, 0.2) is 0 Å². The maximum Gasteiger partial charge on any atom is 0.264 e. The molecular weight excluding hydrogens is 236 g/mol. The fourth-order valence-corrected chi connectivity index (χ4v) is 3.50. The Bertz CT molecular complexity index is 459. The standard InChI is InChI=1S/C13H18O3S/c14-17(15,16)11-10-13(8-4-5-9-13)12-6-2-1-3-7-12/h1-3,6-7H,4-5,8-11H2,(H,14,15,16). The van der Waals surface area contributed by atoms with E-state index in [2.05, 4.69) is 12.1 Å². The summed E-state index contributed by atoms with van der Waals surface area (Å²) in [5.41, 5.74) is 1.16. The quantitative estimate of drug-likeness (QED) is 0.841. The van der Waals surface area contributed by atoms with E-state index in [9.17, 15) is 8.42 Å². The van der Waals surface area contributed by atoms with Crippen LogP contribution in [0.25, 0.3) is 0 Å². The van der Waals surface area contributed by atoms with Crippen molar-refractivity contribution in [1.82, 2.24) is 0 Å². The zero-order chi connectivity index (χ0) is 12.4. The number of hydrogen-bond donors (Lipinski definition) is 1. The van der Waals surface area contributed by atoms with E-state index in [1.54, 1.807) is 0 Å². The molecule has 1 aliphatic rings. The smallest absolute Gasteiger partial charge is 0.264 e. The molecule has 1 N–H and O–H groups in total. The molecule has 0 aromatic heterocycles. The van der Waals surface area contributed by atoms with Gasteiger partial charge in [0.2, 0.25) is 0 Å². The minimum absolute atomic E-state index is 0.0446. The van der Waals surface area contributed by atoms with E-state index in [1.807, 2.05) is 18.2 Å². The van der Waals surface area contributed by atoms with Crippen molar-refractivity contribution < 1.29 is 13.0 Å². The minimum atomic E-state index is -3.86. The lowest BCUT2D eigenvalue weighted by Crippen LogP contribution is -2.25. The van der Waals surface area contributed by atoms with Crippen molar-refractivity contribution >= 4 is 10.1 Å². The first-order valence-corrected chi connectivity index (χ1v) is 7.64. The van der Waals surface area contributed by atoms with Gasteiger partial charge in [0, 0.05) is 0 Å². The van der Waals surface area contributed by atoms with Crippen LogP contribution in [0.3, 0.4) is 0 Å². The van der Waals surface area contributed by atoms with E-state index in [-0.39, 0.29) is 11.2 Å². The van der Waals surface area contributed by atoms with Crippen molar-refractivity contribution in [1.29, 1.82) is 0 Å². The lowest BCUT2D eigenvalue weighted by molar-refractivity contribution is 0.411. The molecule has 0 spiro atoms. The normalized spacial score (nSPS) is 19.4. The Morgan fingerprint density at radius 1 is 1.12 bits per heavy atom. The molecule has 0 saturated heterocycles. The highest BCUT2D eigenvalue weighted by Gasteiger charge is 2.36. The van der Waals surface area contributed by atoms with Gasteiger partial charge in [-0.05, 0) is 30.2 Å². The van der Waals surface area contributed by atoms with Crippen molar-refractivity contribution in [3.05, 3.63) is 35.9 Å². The van der Waals surface area contributed by atoms with Gasteiger partial charge in [-0.1, -0.05) is 43.2 Å². The van der Waals surface area contributed by atoms with E-state index >= 15 is 0 Å². The Kier molecular flexibility index (Phi) is 3.54. The van der Waals surface area contributed by atoms with Gasteiger partial charge in [0.05, 0.1) is 5.75 Å². The maximum atomic E-state index is 10.9. The molecule has 17 heavy (non-hydrogen) atoms. The van der Waals surface area contributed by atoms with Crippen molar-refractivity contribution in [3.63, 3.8) is 0 Å². The van der Waals surface area contributed by atoms with Gasteiger partial charge >= 0.3 is 0 Å². The third-order valence-corrected chi connectivity index (χ3v) is 4.51. The summed E-state index contributed by atoms with van der Waals surface area (Å²) >= 11 is 0. The molecule has 0 amide bonds. The number of benzene rings is 1. The highest BCUT2D eigenvalue weighted by atomic mass is 32.2. The van der Waals surface area contributed by atoms with Crippen molar-refractivity contribution in [2.45, 2.75) is 37.5 Å². The lowest BCUT2D eigenvalue weighted by atomic mass is 9.77. The highest BCUT2D eigenvalue weighted by molar-refractivity contribution is 7.85. The lowest BCUT2D eigenvalue weighted by Gasteiger charge is -2.29. The Morgan fingerprint density at radius 2 is 1.71 bits per heavy atom. The zero-order valence-electron chi connectivity index (χ0n) is 9.80. The van der Waals surface area contributed by atoms with Crippen LogP contribution in [0, 0.1) is 0 Å². The van der Waals surface area contributed by atoms with Crippen LogP contribution in [0.4, 0.5) is 0 Å². The monoisotopic (exact) mass is 254 g/mol. The molecule has 3 nitrogen and oxygen atoms in total. The van der Waals surface area contributed by atoms with E-state index < -0.39 is 10.1 Å². The minimum Gasteiger partial charge on any atom is -0.286 e. The van der Waals surface area contributed by atoms with Gasteiger partial charge in [-0.15, -0.1) is 0 Å². The van der Waals surface area contributed by atoms with E-state index in [1.165, 1.54) is 5.56 Å². The average Bonchev–Trinajstić information content (AvgIpc) is 2.77. The van der Waals surface area contributed by atoms with Crippen LogP contribution < -0.4 is 0 Å². The summed E-state index contributed by atoms with van der Waals surface area (Å²) in [7, 11) is -3.86. The Balaban J connectivity index is 2.22. The first-order chi connectivity index (χ1) is 8.02. The Hall–Kier alpha value is -0.870. The predicted octanol–water partition coefficient (Wildman–Crippen LogP) is 2.78. The first kappa shape index (κ1) is 12.6. The predicted molar refractivity (Wildman–Crippen MR) is 67.6 cm³/mol. The molecule has 94 valence electrons. The summed E-state index contributed by atoms with van der Waals surface area (Å²) < 4.78 is 30.7. The molecule has 0 unspecified atom stereocenters. The second-order valence-electron chi connectivity index (χ2n) is 4.89. The second-order valence-corrected chi connectivity index (χ2v) is 6.46. The number of hydrogen-bond acceptors (Lipinski definition) is 2. The molecule has 0 aliphatic heterocycles. The molecule has 1 saturated carbocycles. The molecule has 4 heteroatoms. The molecule has 1 fully saturated rings. The van der Waals surface area contributed by atoms with Gasteiger partial charge in [0.25, 0.3) is 10.1 Å². The van der Waals surface area contributed by atoms with Crippen LogP contribution in [0.5, 0.6) is 0 Å². The fraction of sp³-hybridized carbons (Fsp3) is 0.538. The van der Waals surface area contributed by atoms with Crippen LogP contribution >= 0.6 is 0 Å². The van der Waals surface area contributed by atoms with E-state index in [0.717, 1.165) is 25.7 Å². The molecule has 0 radical (unpaired) electrons. The third kappa shape index (κ3) is 3.07. The first-order valence-electron chi connectivity index (χ1n) is 6.03. The molecule has 1 aromatic carbocycles. The molecular formula is C13H18O3S. The van der Waals surface area contributed by atoms with Crippen molar-refractivity contribution in [3.8, 4) is 0 Å². The summed E-state index contributed by atoms with van der Waals surface area (Å²) in [6.45, 7) is 0. The average molecular weight is 254 g/mol. The van der Waals surface area contributed by atoms with Gasteiger partial charge < -0.3 is 0 Å². The van der Waals surface area contributed by atoms with Crippen LogP contribution in [-0.2, 0) is 15.5 Å². The summed E-state index contributed by atoms with van der Waals surface area (Å²) in [4.78, 5) is 0. The summed E-state index contributed by atoms with van der Waals surface area (Å²) in [5.74, 6) is -0.137.